The summed E-state index contributed by atoms with van der Waals surface area (Å²) in [6, 6.07) is 5.79. The van der Waals surface area contributed by atoms with Crippen LogP contribution in [0.1, 0.15) is 0 Å². The lowest BCUT2D eigenvalue weighted by Crippen LogP contribution is -2.53. The van der Waals surface area contributed by atoms with Gasteiger partial charge in [0.15, 0.2) is 16.3 Å². The van der Waals surface area contributed by atoms with Crippen molar-refractivity contribution in [1.82, 2.24) is 23.7 Å². The van der Waals surface area contributed by atoms with Gasteiger partial charge in [0, 0.05) is 14.1 Å². The highest BCUT2D eigenvalue weighted by molar-refractivity contribution is 7.22. The van der Waals surface area contributed by atoms with Crippen molar-refractivity contribution in [3.63, 3.8) is 0 Å². The summed E-state index contributed by atoms with van der Waals surface area (Å²) in [5.41, 5.74) is 0.252. The highest BCUT2D eigenvalue weighted by atomic mass is 32.1. The first-order valence-electron chi connectivity index (χ1n) is 9.86. The molecule has 12 heteroatoms. The molecule has 0 unspecified atom stereocenters. The molecule has 1 aliphatic rings. The number of methoxy groups -OCH3 is 1. The Kier molecular flexibility index (Phi) is 4.73. The number of aromatic nitrogens is 5. The van der Waals surface area contributed by atoms with Gasteiger partial charge in [-0.15, -0.1) is 0 Å². The van der Waals surface area contributed by atoms with Crippen LogP contribution < -0.4 is 20.9 Å². The van der Waals surface area contributed by atoms with E-state index in [2.05, 4.69) is 9.97 Å². The van der Waals surface area contributed by atoms with Gasteiger partial charge in [-0.25, -0.2) is 14.8 Å². The lowest BCUT2D eigenvalue weighted by atomic mass is 10.2. The minimum Gasteiger partial charge on any atom is -0.494 e. The van der Waals surface area contributed by atoms with E-state index in [0.717, 1.165) is 25.7 Å². The summed E-state index contributed by atoms with van der Waals surface area (Å²) in [4.78, 5) is 47.8. The fourth-order valence-electron chi connectivity index (χ4n) is 3.76. The number of benzene rings is 1. The average Bonchev–Trinajstić information content (AvgIpc) is 3.37. The Morgan fingerprint density at radius 3 is 2.75 bits per heavy atom. The average molecular weight is 456 g/mol. The van der Waals surface area contributed by atoms with Crippen molar-refractivity contribution in [1.29, 1.82) is 0 Å². The molecular weight excluding hydrogens is 436 g/mol. The summed E-state index contributed by atoms with van der Waals surface area (Å²) in [6.07, 6.45) is 1.10. The van der Waals surface area contributed by atoms with Gasteiger partial charge in [-0.2, -0.15) is 0 Å². The zero-order valence-corrected chi connectivity index (χ0v) is 18.5. The second-order valence-electron chi connectivity index (χ2n) is 7.57. The van der Waals surface area contributed by atoms with Crippen LogP contribution >= 0.6 is 11.3 Å². The molecule has 0 atom stereocenters. The zero-order chi connectivity index (χ0) is 22.6. The molecule has 1 aromatic carbocycles. The van der Waals surface area contributed by atoms with Crippen LogP contribution in [0.3, 0.4) is 0 Å². The van der Waals surface area contributed by atoms with Crippen molar-refractivity contribution < 1.29 is 14.3 Å². The molecule has 0 radical (unpaired) electrons. The van der Waals surface area contributed by atoms with E-state index in [1.807, 2.05) is 23.1 Å². The fraction of sp³-hybridized carbons (Fsp3) is 0.350. The molecule has 11 nitrogen and oxygen atoms in total. The van der Waals surface area contributed by atoms with E-state index in [1.165, 1.54) is 29.6 Å². The fourth-order valence-corrected chi connectivity index (χ4v) is 4.76. The van der Waals surface area contributed by atoms with Crippen molar-refractivity contribution in [2.45, 2.75) is 12.6 Å². The first-order chi connectivity index (χ1) is 15.4. The topological polar surface area (TPSA) is 113 Å². The Morgan fingerprint density at radius 1 is 1.22 bits per heavy atom. The van der Waals surface area contributed by atoms with Gasteiger partial charge in [0.1, 0.15) is 23.9 Å². The molecule has 4 aromatic rings. The molecule has 1 saturated heterocycles. The van der Waals surface area contributed by atoms with Gasteiger partial charge in [0.05, 0.1) is 31.2 Å². The molecule has 0 saturated carbocycles. The number of carbonyl (C=O) groups is 1. The highest BCUT2D eigenvalue weighted by Crippen LogP contribution is 2.35. The predicted octanol–water partition coefficient (Wildman–Crippen LogP) is 0.484. The number of anilines is 1. The van der Waals surface area contributed by atoms with Crippen molar-refractivity contribution >= 4 is 43.8 Å². The van der Waals surface area contributed by atoms with E-state index >= 15 is 0 Å². The van der Waals surface area contributed by atoms with Crippen molar-refractivity contribution in [3.8, 4) is 5.75 Å². The highest BCUT2D eigenvalue weighted by Gasteiger charge is 2.32. The van der Waals surface area contributed by atoms with Gasteiger partial charge in [-0.1, -0.05) is 17.4 Å². The van der Waals surface area contributed by atoms with Gasteiger partial charge in [-0.3, -0.25) is 18.7 Å². The number of nitrogens with zero attached hydrogens (tertiary/aromatic N) is 6. The Labute approximate surface area is 185 Å². The van der Waals surface area contributed by atoms with E-state index < -0.39 is 17.2 Å². The third-order valence-corrected chi connectivity index (χ3v) is 6.61. The van der Waals surface area contributed by atoms with Crippen LogP contribution in [0, 0.1) is 0 Å². The number of esters is 1. The molecule has 32 heavy (non-hydrogen) atoms. The largest absolute Gasteiger partial charge is 0.494 e. The maximum absolute atomic E-state index is 12.5. The Morgan fingerprint density at radius 2 is 2.00 bits per heavy atom. The molecule has 0 aliphatic carbocycles. The predicted molar refractivity (Wildman–Crippen MR) is 118 cm³/mol. The number of ether oxygens (including phenoxy) is 2. The maximum Gasteiger partial charge on any atom is 0.332 e. The van der Waals surface area contributed by atoms with Crippen LogP contribution in [0.15, 0.2) is 34.1 Å². The Bertz CT molecular complexity index is 1480. The molecule has 0 N–H and O–H groups in total. The summed E-state index contributed by atoms with van der Waals surface area (Å²) in [7, 11) is 4.53. The summed E-state index contributed by atoms with van der Waals surface area (Å²) in [5.74, 6) is 0.250. The molecule has 1 fully saturated rings. The third-order valence-electron chi connectivity index (χ3n) is 5.52. The molecule has 0 spiro atoms. The van der Waals surface area contributed by atoms with Gasteiger partial charge >= 0.3 is 11.7 Å². The van der Waals surface area contributed by atoms with E-state index in [0.29, 0.717) is 13.1 Å². The molecule has 0 bridgehead atoms. The van der Waals surface area contributed by atoms with Crippen LogP contribution in [0.2, 0.25) is 0 Å². The van der Waals surface area contributed by atoms with Crippen molar-refractivity contribution in [2.24, 2.45) is 14.1 Å². The molecule has 0 amide bonds. The standard InChI is InChI=1S/C20H20N6O5S/c1-23-17-16(18(28)24(2)20(23)29)26(10-21-17)9-14(27)31-11-7-25(8-11)19-22-15-12(30-3)5-4-6-13(15)32-19/h4-6,10-11H,7-9H2,1-3H3. The number of hydrogen-bond donors (Lipinski definition) is 0. The second-order valence-corrected chi connectivity index (χ2v) is 8.58. The Hall–Kier alpha value is -3.67. The number of imidazole rings is 1. The van der Waals surface area contributed by atoms with E-state index in [-0.39, 0.29) is 23.8 Å². The molecule has 3 aromatic heterocycles. The number of thiazole rings is 1. The van der Waals surface area contributed by atoms with Crippen LogP contribution in [0.25, 0.3) is 21.4 Å². The lowest BCUT2D eigenvalue weighted by molar-refractivity contribution is -0.150. The van der Waals surface area contributed by atoms with E-state index in [4.69, 9.17) is 9.47 Å². The normalized spacial score (nSPS) is 14.2. The minimum absolute atomic E-state index is 0.168. The number of hydrogen-bond acceptors (Lipinski definition) is 9. The first kappa shape index (κ1) is 20.2. The van der Waals surface area contributed by atoms with Gasteiger partial charge in [0.2, 0.25) is 0 Å². The van der Waals surface area contributed by atoms with Crippen molar-refractivity contribution in [3.05, 3.63) is 45.4 Å². The van der Waals surface area contributed by atoms with Crippen LogP contribution in [0.4, 0.5) is 5.13 Å². The van der Waals surface area contributed by atoms with Gasteiger partial charge in [0.25, 0.3) is 5.56 Å². The molecule has 1 aliphatic heterocycles. The van der Waals surface area contributed by atoms with Gasteiger partial charge in [-0.05, 0) is 12.1 Å². The number of fused-ring (bicyclic) bond motifs is 2. The Balaban J connectivity index is 1.26. The minimum atomic E-state index is -0.505. The van der Waals surface area contributed by atoms with Crippen LogP contribution in [-0.2, 0) is 30.2 Å². The first-order valence-corrected chi connectivity index (χ1v) is 10.7. The third kappa shape index (κ3) is 3.14. The number of para-hydroxylation sites is 1. The van der Waals surface area contributed by atoms with Gasteiger partial charge < -0.3 is 18.9 Å². The summed E-state index contributed by atoms with van der Waals surface area (Å²) in [6.45, 7) is 0.905. The molecular formula is C20H20N6O5S. The number of rotatable bonds is 5. The SMILES string of the molecule is COc1cccc2sc(N3CC(OC(=O)Cn4cnc5c4c(=O)n(C)c(=O)n5C)C3)nc12. The molecule has 4 heterocycles. The summed E-state index contributed by atoms with van der Waals surface area (Å²) in [5, 5.41) is 0.849. The number of carbonyl (C=O) groups excluding carboxylic acids is 1. The monoisotopic (exact) mass is 456 g/mol. The summed E-state index contributed by atoms with van der Waals surface area (Å²) >= 11 is 1.56. The second kappa shape index (κ2) is 7.48. The zero-order valence-electron chi connectivity index (χ0n) is 17.6. The van der Waals surface area contributed by atoms with E-state index in [1.54, 1.807) is 18.4 Å². The molecule has 5 rings (SSSR count). The quantitative estimate of drug-likeness (QED) is 0.399. The van der Waals surface area contributed by atoms with Crippen LogP contribution in [0.5, 0.6) is 5.75 Å². The smallest absolute Gasteiger partial charge is 0.332 e. The lowest BCUT2D eigenvalue weighted by Gasteiger charge is -2.38. The molecule has 166 valence electrons. The van der Waals surface area contributed by atoms with Crippen LogP contribution in [-0.4, -0.2) is 55.9 Å². The summed E-state index contributed by atoms with van der Waals surface area (Å²) < 4.78 is 15.6. The number of aryl methyl sites for hydroxylation is 1. The van der Waals surface area contributed by atoms with E-state index in [9.17, 15) is 14.4 Å². The maximum atomic E-state index is 12.5. The van der Waals surface area contributed by atoms with Crippen molar-refractivity contribution in [2.75, 3.05) is 25.1 Å².